The molecule has 0 bridgehead atoms. The Bertz CT molecular complexity index is 846. The number of aromatic nitrogens is 1. The van der Waals surface area contributed by atoms with Crippen molar-refractivity contribution in [2.24, 2.45) is 0 Å². The van der Waals surface area contributed by atoms with Crippen LogP contribution in [0.15, 0.2) is 42.6 Å². The molecule has 31 heavy (non-hydrogen) atoms. The molecule has 1 aliphatic heterocycles. The molecule has 0 spiro atoms. The van der Waals surface area contributed by atoms with Crippen molar-refractivity contribution >= 4 is 11.7 Å². The maximum Gasteiger partial charge on any atom is 0.317 e. The molecule has 166 valence electrons. The highest BCUT2D eigenvalue weighted by Crippen LogP contribution is 2.25. The summed E-state index contributed by atoms with van der Waals surface area (Å²) >= 11 is 0. The second kappa shape index (κ2) is 10.5. The predicted octanol–water partition coefficient (Wildman–Crippen LogP) is 3.58. The molecule has 1 saturated carbocycles. The molecule has 2 aromatic rings. The highest BCUT2D eigenvalue weighted by Gasteiger charge is 2.19. The third-order valence-corrected chi connectivity index (χ3v) is 5.94. The minimum absolute atomic E-state index is 0.118. The van der Waals surface area contributed by atoms with Crippen LogP contribution in [0.4, 0.5) is 10.5 Å². The van der Waals surface area contributed by atoms with Gasteiger partial charge < -0.3 is 24.6 Å². The average molecular weight is 425 g/mol. The summed E-state index contributed by atoms with van der Waals surface area (Å²) in [7, 11) is 1.81. The van der Waals surface area contributed by atoms with Gasteiger partial charge in [-0.3, -0.25) is 0 Å². The molecule has 7 heteroatoms. The van der Waals surface area contributed by atoms with E-state index in [2.05, 4.69) is 39.5 Å². The Morgan fingerprint density at radius 1 is 1.19 bits per heavy atom. The van der Waals surface area contributed by atoms with Crippen LogP contribution in [0.3, 0.4) is 0 Å². The molecule has 7 nitrogen and oxygen atoms in total. The molecule has 1 saturated heterocycles. The van der Waals surface area contributed by atoms with E-state index in [9.17, 15) is 4.79 Å². The summed E-state index contributed by atoms with van der Waals surface area (Å²) in [6.07, 6.45) is 6.56. The van der Waals surface area contributed by atoms with E-state index >= 15 is 0 Å². The molecule has 1 aromatic carbocycles. The maximum absolute atomic E-state index is 12.6. The van der Waals surface area contributed by atoms with E-state index in [1.54, 1.807) is 11.1 Å². The molecule has 0 radical (unpaired) electrons. The van der Waals surface area contributed by atoms with Crippen LogP contribution in [0.2, 0.25) is 0 Å². The van der Waals surface area contributed by atoms with E-state index in [1.807, 2.05) is 19.2 Å². The van der Waals surface area contributed by atoms with Crippen LogP contribution >= 0.6 is 0 Å². The number of amides is 2. The lowest BCUT2D eigenvalue weighted by Gasteiger charge is -2.29. The monoisotopic (exact) mass is 424 g/mol. The number of rotatable bonds is 7. The van der Waals surface area contributed by atoms with Crippen LogP contribution < -0.4 is 15.0 Å². The first-order valence-corrected chi connectivity index (χ1v) is 11.2. The minimum atomic E-state index is -0.118. The summed E-state index contributed by atoms with van der Waals surface area (Å²) < 4.78 is 11.5. The normalized spacial score (nSPS) is 16.9. The first-order chi connectivity index (χ1) is 15.2. The van der Waals surface area contributed by atoms with E-state index < -0.39 is 0 Å². The first-order valence-electron chi connectivity index (χ1n) is 11.2. The summed E-state index contributed by atoms with van der Waals surface area (Å²) in [6.45, 7) is 4.33. The molecule has 1 aromatic heterocycles. The van der Waals surface area contributed by atoms with E-state index in [4.69, 9.17) is 9.47 Å². The Labute approximate surface area is 184 Å². The second-order valence-electron chi connectivity index (χ2n) is 8.27. The number of carbonyl (C=O) groups is 1. The van der Waals surface area contributed by atoms with Crippen molar-refractivity contribution in [3.8, 4) is 5.88 Å². The van der Waals surface area contributed by atoms with Crippen LogP contribution in [0.25, 0.3) is 0 Å². The molecule has 4 rings (SSSR count). The Hall–Kier alpha value is -2.80. The molecule has 0 atom stereocenters. The van der Waals surface area contributed by atoms with Gasteiger partial charge in [0.15, 0.2) is 0 Å². The van der Waals surface area contributed by atoms with Crippen molar-refractivity contribution < 1.29 is 14.3 Å². The van der Waals surface area contributed by atoms with E-state index in [0.717, 1.165) is 50.3 Å². The van der Waals surface area contributed by atoms with Crippen LogP contribution in [0.1, 0.15) is 36.8 Å². The molecule has 0 unspecified atom stereocenters. The minimum Gasteiger partial charge on any atom is -0.474 e. The highest BCUT2D eigenvalue weighted by molar-refractivity contribution is 5.74. The van der Waals surface area contributed by atoms with Crippen molar-refractivity contribution in [2.45, 2.75) is 44.9 Å². The van der Waals surface area contributed by atoms with Gasteiger partial charge in [0.1, 0.15) is 6.10 Å². The Morgan fingerprint density at radius 3 is 2.68 bits per heavy atom. The Kier molecular flexibility index (Phi) is 7.25. The summed E-state index contributed by atoms with van der Waals surface area (Å²) in [4.78, 5) is 21.0. The molecule has 2 heterocycles. The van der Waals surface area contributed by atoms with Gasteiger partial charge in [-0.05, 0) is 49.4 Å². The number of hydrogen-bond acceptors (Lipinski definition) is 5. The zero-order valence-electron chi connectivity index (χ0n) is 18.3. The number of anilines is 1. The van der Waals surface area contributed by atoms with Crippen molar-refractivity contribution in [3.63, 3.8) is 0 Å². The smallest absolute Gasteiger partial charge is 0.317 e. The number of carbonyl (C=O) groups excluding carboxylic acids is 1. The molecule has 1 aliphatic carbocycles. The number of hydrogen-bond donors (Lipinski definition) is 1. The zero-order chi connectivity index (χ0) is 21.5. The lowest BCUT2D eigenvalue weighted by Crippen LogP contribution is -2.37. The lowest BCUT2D eigenvalue weighted by atomic mass is 10.2. The van der Waals surface area contributed by atoms with Crippen molar-refractivity contribution in [1.29, 1.82) is 0 Å². The summed E-state index contributed by atoms with van der Waals surface area (Å²) in [5.74, 6) is 0.635. The van der Waals surface area contributed by atoms with Crippen LogP contribution in [-0.2, 0) is 17.8 Å². The van der Waals surface area contributed by atoms with Crippen molar-refractivity contribution in [1.82, 2.24) is 15.2 Å². The fourth-order valence-electron chi connectivity index (χ4n) is 4.11. The van der Waals surface area contributed by atoms with E-state index in [-0.39, 0.29) is 12.1 Å². The molecule has 2 fully saturated rings. The molecular formula is C24H32N4O3. The van der Waals surface area contributed by atoms with Crippen molar-refractivity contribution in [3.05, 3.63) is 53.7 Å². The van der Waals surface area contributed by atoms with Gasteiger partial charge in [0, 0.05) is 50.7 Å². The predicted molar refractivity (Wildman–Crippen MR) is 120 cm³/mol. The topological polar surface area (TPSA) is 66.9 Å². The third-order valence-electron chi connectivity index (χ3n) is 5.94. The fourth-order valence-corrected chi connectivity index (χ4v) is 4.11. The molecule has 2 aliphatic rings. The number of urea groups is 1. The zero-order valence-corrected chi connectivity index (χ0v) is 18.3. The standard InChI is InChI=1S/C24H32N4O3/c1-27(18-19-8-10-21(11-9-19)28-13-15-30-16-14-28)24(29)26-17-20-5-4-12-25-23(20)31-22-6-2-3-7-22/h4-5,8-12,22H,2-3,6-7,13-18H2,1H3,(H,26,29). The second-order valence-corrected chi connectivity index (χ2v) is 8.27. The van der Waals surface area contributed by atoms with Gasteiger partial charge in [0.2, 0.25) is 5.88 Å². The number of benzene rings is 1. The van der Waals surface area contributed by atoms with Gasteiger partial charge >= 0.3 is 6.03 Å². The van der Waals surface area contributed by atoms with Gasteiger partial charge in [-0.25, -0.2) is 9.78 Å². The number of ether oxygens (including phenoxy) is 2. The van der Waals surface area contributed by atoms with Crippen molar-refractivity contribution in [2.75, 3.05) is 38.3 Å². The summed E-state index contributed by atoms with van der Waals surface area (Å²) in [5.41, 5.74) is 3.21. The largest absolute Gasteiger partial charge is 0.474 e. The maximum atomic E-state index is 12.6. The quantitative estimate of drug-likeness (QED) is 0.736. The van der Waals surface area contributed by atoms with Crippen LogP contribution in [-0.4, -0.2) is 55.4 Å². The average Bonchev–Trinajstić information content (AvgIpc) is 3.32. The molecular weight excluding hydrogens is 392 g/mol. The van der Waals surface area contributed by atoms with E-state index in [1.165, 1.54) is 18.5 Å². The van der Waals surface area contributed by atoms with Crippen LogP contribution in [0.5, 0.6) is 5.88 Å². The number of morpholine rings is 1. The fraction of sp³-hybridized carbons (Fsp3) is 0.500. The van der Waals surface area contributed by atoms with Gasteiger partial charge in [-0.2, -0.15) is 0 Å². The van der Waals surface area contributed by atoms with Crippen LogP contribution in [0, 0.1) is 0 Å². The molecule has 2 amide bonds. The summed E-state index contributed by atoms with van der Waals surface area (Å²) in [5, 5.41) is 2.99. The third kappa shape index (κ3) is 5.88. The number of nitrogens with zero attached hydrogens (tertiary/aromatic N) is 3. The lowest BCUT2D eigenvalue weighted by molar-refractivity contribution is 0.122. The van der Waals surface area contributed by atoms with Gasteiger partial charge in [0.25, 0.3) is 0 Å². The number of pyridine rings is 1. The Balaban J connectivity index is 1.28. The summed E-state index contributed by atoms with van der Waals surface area (Å²) in [6, 6.07) is 12.1. The van der Waals surface area contributed by atoms with E-state index in [0.29, 0.717) is 19.0 Å². The first kappa shape index (κ1) is 21.4. The molecule has 1 N–H and O–H groups in total. The van der Waals surface area contributed by atoms with Gasteiger partial charge in [-0.15, -0.1) is 0 Å². The SMILES string of the molecule is CN(Cc1ccc(N2CCOCC2)cc1)C(=O)NCc1cccnc1OC1CCCC1. The Morgan fingerprint density at radius 2 is 1.94 bits per heavy atom. The van der Waals surface area contributed by atoms with Gasteiger partial charge in [-0.1, -0.05) is 18.2 Å². The number of nitrogens with one attached hydrogen (secondary N) is 1. The highest BCUT2D eigenvalue weighted by atomic mass is 16.5. The van der Waals surface area contributed by atoms with Gasteiger partial charge in [0.05, 0.1) is 13.2 Å².